The van der Waals surface area contributed by atoms with Gasteiger partial charge >= 0.3 is 6.09 Å². The maximum absolute atomic E-state index is 12.7. The third-order valence-electron chi connectivity index (χ3n) is 5.11. The Bertz CT molecular complexity index is 732. The Balaban J connectivity index is 1.66. The summed E-state index contributed by atoms with van der Waals surface area (Å²) in [5.74, 6) is 0. The molecule has 3 rings (SSSR count). The van der Waals surface area contributed by atoms with E-state index in [2.05, 4.69) is 4.90 Å². The van der Waals surface area contributed by atoms with Gasteiger partial charge in [-0.2, -0.15) is 0 Å². The van der Waals surface area contributed by atoms with Gasteiger partial charge in [-0.05, 0) is 55.6 Å². The van der Waals surface area contributed by atoms with Crippen molar-refractivity contribution in [1.82, 2.24) is 9.80 Å². The van der Waals surface area contributed by atoms with Crippen molar-refractivity contribution in [3.63, 3.8) is 0 Å². The van der Waals surface area contributed by atoms with Crippen LogP contribution in [0.5, 0.6) is 0 Å². The van der Waals surface area contributed by atoms with Crippen LogP contribution < -0.4 is 0 Å². The summed E-state index contributed by atoms with van der Waals surface area (Å²) in [5.41, 5.74) is 2.02. The number of carbonyl (C=O) groups excluding carboxylic acids is 1. The van der Waals surface area contributed by atoms with E-state index in [4.69, 9.17) is 16.3 Å². The largest absolute Gasteiger partial charge is 0.445 e. The van der Waals surface area contributed by atoms with Crippen LogP contribution in [0.4, 0.5) is 4.79 Å². The number of benzene rings is 2. The van der Waals surface area contributed by atoms with E-state index in [1.807, 2.05) is 61.6 Å². The molecule has 0 aliphatic carbocycles. The smallest absolute Gasteiger partial charge is 0.410 e. The summed E-state index contributed by atoms with van der Waals surface area (Å²) in [6.07, 6.45) is 3.07. The predicted molar refractivity (Wildman–Crippen MR) is 109 cm³/mol. The van der Waals surface area contributed by atoms with Crippen molar-refractivity contribution < 1.29 is 9.53 Å². The Hall–Kier alpha value is -2.04. The third kappa shape index (κ3) is 5.72. The molecule has 1 amide bonds. The third-order valence-corrected chi connectivity index (χ3v) is 5.35. The highest BCUT2D eigenvalue weighted by Crippen LogP contribution is 2.27. The van der Waals surface area contributed by atoms with Crippen molar-refractivity contribution in [3.8, 4) is 0 Å². The Morgan fingerprint density at radius 1 is 1.15 bits per heavy atom. The first-order valence-corrected chi connectivity index (χ1v) is 9.92. The molecule has 2 aromatic carbocycles. The van der Waals surface area contributed by atoms with E-state index in [1.165, 1.54) is 12.8 Å². The van der Waals surface area contributed by atoms with Crippen LogP contribution in [0.1, 0.15) is 36.4 Å². The molecule has 0 bridgehead atoms. The highest BCUT2D eigenvalue weighted by molar-refractivity contribution is 6.30. The van der Waals surface area contributed by atoms with Crippen molar-refractivity contribution in [2.45, 2.75) is 31.9 Å². The number of amides is 1. The molecule has 0 spiro atoms. The Labute approximate surface area is 166 Å². The molecule has 1 aliphatic heterocycles. The lowest BCUT2D eigenvalue weighted by Gasteiger charge is -2.29. The van der Waals surface area contributed by atoms with Crippen molar-refractivity contribution in [2.24, 2.45) is 0 Å². The maximum Gasteiger partial charge on any atom is 0.410 e. The summed E-state index contributed by atoms with van der Waals surface area (Å²) in [7, 11) is 1.81. The van der Waals surface area contributed by atoms with Crippen LogP contribution in [0.25, 0.3) is 0 Å². The number of hydrogen-bond donors (Lipinski definition) is 0. The van der Waals surface area contributed by atoms with Gasteiger partial charge in [0.05, 0.1) is 6.04 Å². The number of halogens is 1. The molecule has 0 unspecified atom stereocenters. The second-order valence-corrected chi connectivity index (χ2v) is 7.50. The van der Waals surface area contributed by atoms with E-state index >= 15 is 0 Å². The first-order valence-electron chi connectivity index (χ1n) is 9.55. The fraction of sp³-hybridized carbons (Fsp3) is 0.409. The lowest BCUT2D eigenvalue weighted by atomic mass is 10.0. The Morgan fingerprint density at radius 3 is 2.59 bits per heavy atom. The predicted octanol–water partition coefficient (Wildman–Crippen LogP) is 5.14. The summed E-state index contributed by atoms with van der Waals surface area (Å²) in [4.78, 5) is 16.8. The van der Waals surface area contributed by atoms with Crippen LogP contribution in [-0.2, 0) is 11.3 Å². The minimum Gasteiger partial charge on any atom is -0.445 e. The highest BCUT2D eigenvalue weighted by Gasteiger charge is 2.24. The molecule has 5 heteroatoms. The van der Waals surface area contributed by atoms with Gasteiger partial charge in [-0.1, -0.05) is 54.1 Å². The van der Waals surface area contributed by atoms with Crippen LogP contribution in [0.2, 0.25) is 5.02 Å². The molecule has 1 fully saturated rings. The fourth-order valence-electron chi connectivity index (χ4n) is 3.56. The van der Waals surface area contributed by atoms with E-state index < -0.39 is 0 Å². The van der Waals surface area contributed by atoms with Crippen molar-refractivity contribution in [2.75, 3.05) is 26.7 Å². The molecule has 0 radical (unpaired) electrons. The van der Waals surface area contributed by atoms with Crippen LogP contribution in [-0.4, -0.2) is 42.6 Å². The zero-order valence-corrected chi connectivity index (χ0v) is 16.6. The van der Waals surface area contributed by atoms with E-state index in [1.54, 1.807) is 4.90 Å². The van der Waals surface area contributed by atoms with Crippen LogP contribution in [0, 0.1) is 0 Å². The fourth-order valence-corrected chi connectivity index (χ4v) is 3.76. The summed E-state index contributed by atoms with van der Waals surface area (Å²) >= 11 is 6.20. The van der Waals surface area contributed by atoms with E-state index in [-0.39, 0.29) is 18.7 Å². The molecular formula is C22H27ClN2O2. The van der Waals surface area contributed by atoms with Gasteiger partial charge in [-0.3, -0.25) is 0 Å². The number of carbonyl (C=O) groups is 1. The van der Waals surface area contributed by atoms with Gasteiger partial charge in [0.15, 0.2) is 0 Å². The normalized spacial score (nSPS) is 15.5. The molecule has 144 valence electrons. The van der Waals surface area contributed by atoms with Crippen molar-refractivity contribution >= 4 is 17.7 Å². The number of likely N-dealkylation sites (tertiary alicyclic amines) is 1. The minimum atomic E-state index is -0.315. The average Bonchev–Trinajstić information content (AvgIpc) is 3.20. The van der Waals surface area contributed by atoms with Gasteiger partial charge in [0.25, 0.3) is 0 Å². The SMILES string of the molecule is CN(C(=O)OCc1ccccc1)[C@@H](CCN1CCCC1)c1cccc(Cl)c1. The number of hydrogen-bond acceptors (Lipinski definition) is 3. The molecule has 2 aromatic rings. The monoisotopic (exact) mass is 386 g/mol. The van der Waals surface area contributed by atoms with Crippen LogP contribution in [0.3, 0.4) is 0 Å². The van der Waals surface area contributed by atoms with Crippen molar-refractivity contribution in [1.29, 1.82) is 0 Å². The van der Waals surface area contributed by atoms with Crippen LogP contribution in [0.15, 0.2) is 54.6 Å². The number of ether oxygens (including phenoxy) is 1. The minimum absolute atomic E-state index is 0.0624. The van der Waals surface area contributed by atoms with Gasteiger partial charge in [0.1, 0.15) is 6.61 Å². The molecule has 27 heavy (non-hydrogen) atoms. The second-order valence-electron chi connectivity index (χ2n) is 7.06. The number of rotatable bonds is 7. The molecule has 0 aromatic heterocycles. The van der Waals surface area contributed by atoms with Gasteiger partial charge in [0.2, 0.25) is 0 Å². The van der Waals surface area contributed by atoms with E-state index in [9.17, 15) is 4.79 Å². The number of nitrogens with zero attached hydrogens (tertiary/aromatic N) is 2. The summed E-state index contributed by atoms with van der Waals surface area (Å²) < 4.78 is 5.53. The second kappa shape index (κ2) is 9.77. The maximum atomic E-state index is 12.7. The average molecular weight is 387 g/mol. The molecule has 1 atom stereocenters. The Morgan fingerprint density at radius 2 is 1.89 bits per heavy atom. The first-order chi connectivity index (χ1) is 13.1. The first kappa shape index (κ1) is 19.7. The molecule has 0 saturated carbocycles. The summed E-state index contributed by atoms with van der Waals surface area (Å²) in [6, 6.07) is 17.4. The van der Waals surface area contributed by atoms with E-state index in [0.29, 0.717) is 5.02 Å². The molecule has 1 saturated heterocycles. The van der Waals surface area contributed by atoms with E-state index in [0.717, 1.165) is 37.2 Å². The van der Waals surface area contributed by atoms with Gasteiger partial charge in [-0.25, -0.2) is 4.79 Å². The molecule has 1 heterocycles. The van der Waals surface area contributed by atoms with Crippen molar-refractivity contribution in [3.05, 3.63) is 70.7 Å². The molecule has 0 N–H and O–H groups in total. The lowest BCUT2D eigenvalue weighted by Crippen LogP contribution is -2.34. The lowest BCUT2D eigenvalue weighted by molar-refractivity contribution is 0.0871. The highest BCUT2D eigenvalue weighted by atomic mass is 35.5. The zero-order valence-electron chi connectivity index (χ0n) is 15.8. The Kier molecular flexibility index (Phi) is 7.13. The quantitative estimate of drug-likeness (QED) is 0.660. The standard InChI is InChI=1S/C22H27ClN2O2/c1-24(22(26)27-17-18-8-3-2-4-9-18)21(12-15-25-13-5-6-14-25)19-10-7-11-20(23)16-19/h2-4,7-11,16,21H,5-6,12-15,17H2,1H3/t21-/m0/s1. The van der Waals surface area contributed by atoms with Gasteiger partial charge in [-0.15, -0.1) is 0 Å². The molecule has 4 nitrogen and oxygen atoms in total. The topological polar surface area (TPSA) is 32.8 Å². The van der Waals surface area contributed by atoms with Crippen LogP contribution >= 0.6 is 11.6 Å². The zero-order chi connectivity index (χ0) is 19.1. The molecule has 1 aliphatic rings. The summed E-state index contributed by atoms with van der Waals surface area (Å²) in [5, 5.41) is 0.685. The summed E-state index contributed by atoms with van der Waals surface area (Å²) in [6.45, 7) is 3.53. The molecular weight excluding hydrogens is 360 g/mol. The van der Waals surface area contributed by atoms with Gasteiger partial charge < -0.3 is 14.5 Å². The van der Waals surface area contributed by atoms with Gasteiger partial charge in [0, 0.05) is 18.6 Å².